The molecule has 8 nitrogen and oxygen atoms in total. The molecule has 0 fully saturated rings. The quantitative estimate of drug-likeness (QED) is 0.400. The van der Waals surface area contributed by atoms with E-state index in [-0.39, 0.29) is 12.5 Å². The molecule has 21 heavy (non-hydrogen) atoms. The Morgan fingerprint density at radius 1 is 1.43 bits per heavy atom. The van der Waals surface area contributed by atoms with Gasteiger partial charge in [-0.1, -0.05) is 11.2 Å². The highest BCUT2D eigenvalue weighted by molar-refractivity contribution is 7.85. The van der Waals surface area contributed by atoms with E-state index < -0.39 is 21.8 Å². The Morgan fingerprint density at radius 3 is 2.76 bits per heavy atom. The van der Waals surface area contributed by atoms with Crippen LogP contribution in [0, 0.1) is 0 Å². The van der Waals surface area contributed by atoms with E-state index in [9.17, 15) is 13.2 Å². The number of carbonyl (C=O) groups is 1. The number of ether oxygens (including phenoxy) is 1. The van der Waals surface area contributed by atoms with Gasteiger partial charge in [0.25, 0.3) is 11.6 Å². The highest BCUT2D eigenvalue weighted by Gasteiger charge is 2.23. The number of oxime groups is 1. The molecule has 0 spiro atoms. The summed E-state index contributed by atoms with van der Waals surface area (Å²) in [4.78, 5) is 15.9. The Hall–Kier alpha value is -2.16. The first-order valence-corrected chi connectivity index (χ1v) is 8.03. The average Bonchev–Trinajstić information content (AvgIpc) is 2.81. The van der Waals surface area contributed by atoms with Gasteiger partial charge >= 0.3 is 16.1 Å². The van der Waals surface area contributed by atoms with Gasteiger partial charge in [0.2, 0.25) is 0 Å². The lowest BCUT2D eigenvalue weighted by atomic mass is 10.2. The zero-order valence-electron chi connectivity index (χ0n) is 11.5. The molecule has 0 atom stereocenters. The van der Waals surface area contributed by atoms with E-state index in [0.29, 0.717) is 10.8 Å². The maximum absolute atomic E-state index is 11.8. The first-order chi connectivity index (χ1) is 9.90. The van der Waals surface area contributed by atoms with Gasteiger partial charge in [0.1, 0.15) is 5.35 Å². The van der Waals surface area contributed by atoms with Crippen molar-refractivity contribution in [2.45, 2.75) is 19.8 Å². The van der Waals surface area contributed by atoms with E-state index in [2.05, 4.69) is 14.4 Å². The minimum absolute atomic E-state index is 0.0927. The summed E-state index contributed by atoms with van der Waals surface area (Å²) in [5.41, 5.74) is 0.0751. The Morgan fingerprint density at radius 2 is 2.14 bits per heavy atom. The Bertz CT molecular complexity index is 757. The van der Waals surface area contributed by atoms with E-state index in [1.54, 1.807) is 6.92 Å². The van der Waals surface area contributed by atoms with Crippen molar-refractivity contribution in [2.75, 3.05) is 12.9 Å². The van der Waals surface area contributed by atoms with Gasteiger partial charge in [-0.25, -0.2) is 9.78 Å². The summed E-state index contributed by atoms with van der Waals surface area (Å²) in [6.45, 7) is 1.70. The van der Waals surface area contributed by atoms with Gasteiger partial charge in [-0.3, -0.25) is 4.28 Å². The van der Waals surface area contributed by atoms with Crippen LogP contribution in [-0.4, -0.2) is 37.9 Å². The third-order valence-corrected chi connectivity index (χ3v) is 2.80. The molecule has 2 rings (SSSR count). The maximum atomic E-state index is 11.8. The Labute approximate surface area is 120 Å². The standard InChI is InChI=1S/C12H14N2O6S/c1-3-18-12(15)10(14-20-21(2,16)17)11-13-8-6-4-5-7-9(8)19-11/h6-7H,3-5H2,1-2H3/b14-10-. The number of oxazole rings is 1. The molecular weight excluding hydrogens is 300 g/mol. The largest absolute Gasteiger partial charge is 0.461 e. The number of rotatable bonds is 5. The van der Waals surface area contributed by atoms with Crippen LogP contribution in [0.3, 0.4) is 0 Å². The topological polar surface area (TPSA) is 108 Å². The van der Waals surface area contributed by atoms with Crippen LogP contribution in [0.1, 0.15) is 25.7 Å². The van der Waals surface area contributed by atoms with Gasteiger partial charge in [0.15, 0.2) is 5.42 Å². The third kappa shape index (κ3) is 3.91. The minimum Gasteiger partial charge on any atom is -0.461 e. The van der Waals surface area contributed by atoms with Gasteiger partial charge in [-0.15, -0.1) is 0 Å². The molecule has 0 aromatic carbocycles. The van der Waals surface area contributed by atoms with Crippen molar-refractivity contribution in [1.29, 1.82) is 0 Å². The maximum Gasteiger partial charge on any atom is 0.366 e. The van der Waals surface area contributed by atoms with Crippen LogP contribution in [-0.2, 0) is 23.9 Å². The van der Waals surface area contributed by atoms with Crippen LogP contribution in [0.15, 0.2) is 9.57 Å². The fourth-order valence-electron chi connectivity index (χ4n) is 1.64. The zero-order chi connectivity index (χ0) is 15.5. The van der Waals surface area contributed by atoms with Gasteiger partial charge in [0.05, 0.1) is 12.9 Å². The molecule has 114 valence electrons. The lowest BCUT2D eigenvalue weighted by molar-refractivity contribution is -0.135. The summed E-state index contributed by atoms with van der Waals surface area (Å²) < 4.78 is 36.5. The molecule has 0 saturated carbocycles. The highest BCUT2D eigenvalue weighted by Crippen LogP contribution is 2.02. The number of hydrogen-bond donors (Lipinski definition) is 0. The van der Waals surface area contributed by atoms with Crippen LogP contribution in [0.4, 0.5) is 0 Å². The van der Waals surface area contributed by atoms with Crippen molar-refractivity contribution in [3.8, 4) is 0 Å². The fourth-order valence-corrected chi connectivity index (χ4v) is 1.85. The molecule has 0 unspecified atom stereocenters. The third-order valence-electron chi connectivity index (χ3n) is 2.45. The molecule has 1 aromatic heterocycles. The lowest BCUT2D eigenvalue weighted by Gasteiger charge is -2.01. The van der Waals surface area contributed by atoms with Crippen LogP contribution in [0.5, 0.6) is 0 Å². The number of hydrogen-bond acceptors (Lipinski definition) is 8. The lowest BCUT2D eigenvalue weighted by Crippen LogP contribution is -2.24. The second-order valence-corrected chi connectivity index (χ2v) is 5.75. The van der Waals surface area contributed by atoms with Gasteiger partial charge in [0, 0.05) is 0 Å². The van der Waals surface area contributed by atoms with E-state index in [1.165, 1.54) is 0 Å². The predicted octanol–water partition coefficient (Wildman–Crippen LogP) is -0.727. The molecule has 1 aliphatic carbocycles. The molecular formula is C12H14N2O6S. The molecule has 0 bridgehead atoms. The predicted molar refractivity (Wildman–Crippen MR) is 73.0 cm³/mol. The number of nitrogens with zero attached hydrogens (tertiary/aromatic N) is 2. The second-order valence-electron chi connectivity index (χ2n) is 4.19. The van der Waals surface area contributed by atoms with Gasteiger partial charge in [-0.2, -0.15) is 8.42 Å². The molecule has 0 aliphatic heterocycles. The number of carbonyl (C=O) groups excluding carboxylic acids is 1. The van der Waals surface area contributed by atoms with Crippen molar-refractivity contribution in [3.63, 3.8) is 0 Å². The molecule has 0 radical (unpaired) electrons. The van der Waals surface area contributed by atoms with Crippen molar-refractivity contribution in [3.05, 3.63) is 16.7 Å². The number of esters is 1. The van der Waals surface area contributed by atoms with E-state index >= 15 is 0 Å². The van der Waals surface area contributed by atoms with Crippen molar-refractivity contribution < 1.29 is 26.7 Å². The van der Waals surface area contributed by atoms with E-state index in [4.69, 9.17) is 9.15 Å². The summed E-state index contributed by atoms with van der Waals surface area (Å²) in [6, 6.07) is 0. The van der Waals surface area contributed by atoms with Crippen molar-refractivity contribution in [2.24, 2.45) is 5.16 Å². The second kappa shape index (κ2) is 6.08. The normalized spacial score (nSPS) is 14.7. The first-order valence-electron chi connectivity index (χ1n) is 6.22. The fraction of sp³-hybridized carbons (Fsp3) is 0.417. The molecule has 1 heterocycles. The summed E-state index contributed by atoms with van der Waals surface area (Å²) in [5, 5.41) is 3.87. The Balaban J connectivity index is 2.45. The van der Waals surface area contributed by atoms with Gasteiger partial charge < -0.3 is 9.15 Å². The first kappa shape index (κ1) is 15.2. The van der Waals surface area contributed by atoms with E-state index in [1.807, 2.05) is 12.2 Å². The minimum atomic E-state index is -3.86. The number of aromatic nitrogens is 1. The molecule has 0 N–H and O–H groups in total. The summed E-state index contributed by atoms with van der Waals surface area (Å²) >= 11 is 0. The summed E-state index contributed by atoms with van der Waals surface area (Å²) in [7, 11) is -3.86. The monoisotopic (exact) mass is 314 g/mol. The summed E-state index contributed by atoms with van der Waals surface area (Å²) in [6.07, 6.45) is 6.09. The van der Waals surface area contributed by atoms with Crippen LogP contribution in [0.25, 0.3) is 12.2 Å². The van der Waals surface area contributed by atoms with E-state index in [0.717, 1.165) is 19.1 Å². The van der Waals surface area contributed by atoms with Gasteiger partial charge in [-0.05, 0) is 25.8 Å². The molecule has 0 saturated heterocycles. The van der Waals surface area contributed by atoms with Crippen LogP contribution in [0.2, 0.25) is 0 Å². The molecule has 9 heteroatoms. The Kier molecular flexibility index (Phi) is 4.41. The zero-order valence-corrected chi connectivity index (χ0v) is 12.3. The van der Waals surface area contributed by atoms with Crippen molar-refractivity contribution in [1.82, 2.24) is 4.98 Å². The highest BCUT2D eigenvalue weighted by atomic mass is 32.2. The molecule has 0 amide bonds. The SMILES string of the molecule is CCOC(=O)/C(=N\OS(C)(=O)=O)c1nc2c(o1)=CCCC=2. The van der Waals surface area contributed by atoms with Crippen LogP contribution >= 0.6 is 0 Å². The summed E-state index contributed by atoms with van der Waals surface area (Å²) in [5.74, 6) is -1.02. The molecule has 1 aliphatic rings. The smallest absolute Gasteiger partial charge is 0.366 e. The molecule has 1 aromatic rings. The average molecular weight is 314 g/mol. The number of fused-ring (bicyclic) bond motifs is 1. The van der Waals surface area contributed by atoms with Crippen molar-refractivity contribution >= 4 is 34.0 Å². The van der Waals surface area contributed by atoms with Crippen LogP contribution < -0.4 is 10.8 Å².